The molecule has 2 heteroatoms. The minimum Gasteiger partial charge on any atom is -0.388 e. The van der Waals surface area contributed by atoms with Gasteiger partial charge in [-0.3, -0.25) is 0 Å². The summed E-state index contributed by atoms with van der Waals surface area (Å²) in [4.78, 5) is 0. The van der Waals surface area contributed by atoms with Crippen molar-refractivity contribution in [1.29, 1.82) is 0 Å². The van der Waals surface area contributed by atoms with Crippen LogP contribution in [0.2, 0.25) is 0 Å². The van der Waals surface area contributed by atoms with Gasteiger partial charge in [-0.2, -0.15) is 0 Å². The quantitative estimate of drug-likeness (QED) is 0.843. The Morgan fingerprint density at radius 3 is 2.29 bits per heavy atom. The van der Waals surface area contributed by atoms with Gasteiger partial charge in [0.1, 0.15) is 0 Å². The summed E-state index contributed by atoms with van der Waals surface area (Å²) >= 11 is 0. The van der Waals surface area contributed by atoms with E-state index in [1.54, 1.807) is 0 Å². The van der Waals surface area contributed by atoms with E-state index in [0.717, 1.165) is 16.7 Å². The van der Waals surface area contributed by atoms with E-state index >= 15 is 0 Å². The predicted molar refractivity (Wildman–Crippen MR) is 70.5 cm³/mol. The SMILES string of the molecule is NCC[C@@H](O)c1ccccc1-c1ccccc1. The van der Waals surface area contributed by atoms with Crippen molar-refractivity contribution in [3.05, 3.63) is 60.2 Å². The molecule has 2 nitrogen and oxygen atoms in total. The zero-order valence-corrected chi connectivity index (χ0v) is 9.71. The molecule has 0 aromatic heterocycles. The molecule has 0 aliphatic rings. The summed E-state index contributed by atoms with van der Waals surface area (Å²) in [7, 11) is 0. The van der Waals surface area contributed by atoms with Crippen molar-refractivity contribution in [1.82, 2.24) is 0 Å². The number of hydrogen-bond acceptors (Lipinski definition) is 2. The highest BCUT2D eigenvalue weighted by molar-refractivity contribution is 5.67. The summed E-state index contributed by atoms with van der Waals surface area (Å²) in [5.41, 5.74) is 8.65. The molecule has 0 amide bonds. The maximum atomic E-state index is 10.1. The van der Waals surface area contributed by atoms with Crippen molar-refractivity contribution in [3.63, 3.8) is 0 Å². The van der Waals surface area contributed by atoms with E-state index in [1.807, 2.05) is 54.6 Å². The summed E-state index contributed by atoms with van der Waals surface area (Å²) < 4.78 is 0. The summed E-state index contributed by atoms with van der Waals surface area (Å²) in [5, 5.41) is 10.1. The lowest BCUT2D eigenvalue weighted by Gasteiger charge is -2.15. The number of aliphatic hydroxyl groups excluding tert-OH is 1. The molecule has 1 atom stereocenters. The van der Waals surface area contributed by atoms with Crippen LogP contribution in [-0.4, -0.2) is 11.7 Å². The van der Waals surface area contributed by atoms with Crippen molar-refractivity contribution in [2.24, 2.45) is 5.73 Å². The zero-order chi connectivity index (χ0) is 12.1. The van der Waals surface area contributed by atoms with E-state index in [4.69, 9.17) is 5.73 Å². The van der Waals surface area contributed by atoms with Gasteiger partial charge in [-0.05, 0) is 29.7 Å². The van der Waals surface area contributed by atoms with E-state index in [-0.39, 0.29) is 0 Å². The average molecular weight is 227 g/mol. The maximum Gasteiger partial charge on any atom is 0.0808 e. The predicted octanol–water partition coefficient (Wildman–Crippen LogP) is 2.74. The molecule has 0 radical (unpaired) electrons. The fourth-order valence-corrected chi connectivity index (χ4v) is 1.98. The lowest BCUT2D eigenvalue weighted by Crippen LogP contribution is -2.07. The summed E-state index contributed by atoms with van der Waals surface area (Å²) in [5.74, 6) is 0. The van der Waals surface area contributed by atoms with Crippen LogP contribution in [0.3, 0.4) is 0 Å². The van der Waals surface area contributed by atoms with Gasteiger partial charge < -0.3 is 10.8 Å². The minimum atomic E-state index is -0.489. The largest absolute Gasteiger partial charge is 0.388 e. The van der Waals surface area contributed by atoms with Gasteiger partial charge >= 0.3 is 0 Å². The third kappa shape index (κ3) is 2.73. The van der Waals surface area contributed by atoms with Gasteiger partial charge in [-0.25, -0.2) is 0 Å². The first-order chi connectivity index (χ1) is 8.33. The molecule has 0 aliphatic carbocycles. The fourth-order valence-electron chi connectivity index (χ4n) is 1.98. The van der Waals surface area contributed by atoms with E-state index in [0.29, 0.717) is 13.0 Å². The fraction of sp³-hybridized carbons (Fsp3) is 0.200. The monoisotopic (exact) mass is 227 g/mol. The lowest BCUT2D eigenvalue weighted by molar-refractivity contribution is 0.171. The lowest BCUT2D eigenvalue weighted by atomic mass is 9.95. The van der Waals surface area contributed by atoms with E-state index in [9.17, 15) is 5.11 Å². The Morgan fingerprint density at radius 1 is 0.941 bits per heavy atom. The summed E-state index contributed by atoms with van der Waals surface area (Å²) in [6, 6.07) is 18.0. The molecular formula is C15H17NO. The first kappa shape index (κ1) is 11.8. The second kappa shape index (κ2) is 5.62. The van der Waals surface area contributed by atoms with Crippen LogP contribution in [0.15, 0.2) is 54.6 Å². The first-order valence-corrected chi connectivity index (χ1v) is 5.85. The Balaban J connectivity index is 2.41. The molecule has 0 saturated heterocycles. The molecule has 0 spiro atoms. The molecule has 0 aliphatic heterocycles. The van der Waals surface area contributed by atoms with Crippen molar-refractivity contribution < 1.29 is 5.11 Å². The molecule has 0 heterocycles. The molecule has 3 N–H and O–H groups in total. The topological polar surface area (TPSA) is 46.2 Å². The van der Waals surface area contributed by atoms with Crippen LogP contribution in [0.4, 0.5) is 0 Å². The number of benzene rings is 2. The Labute approximate surface area is 102 Å². The molecule has 17 heavy (non-hydrogen) atoms. The van der Waals surface area contributed by atoms with Crippen molar-refractivity contribution in [3.8, 4) is 11.1 Å². The van der Waals surface area contributed by atoms with Crippen LogP contribution in [0.5, 0.6) is 0 Å². The van der Waals surface area contributed by atoms with Crippen molar-refractivity contribution in [2.45, 2.75) is 12.5 Å². The average Bonchev–Trinajstić information content (AvgIpc) is 2.40. The second-order valence-corrected chi connectivity index (χ2v) is 4.05. The number of aliphatic hydroxyl groups is 1. The van der Waals surface area contributed by atoms with Crippen LogP contribution >= 0.6 is 0 Å². The van der Waals surface area contributed by atoms with Gasteiger partial charge in [0.05, 0.1) is 6.10 Å². The van der Waals surface area contributed by atoms with Gasteiger partial charge in [-0.1, -0.05) is 54.6 Å². The molecule has 2 aromatic carbocycles. The molecular weight excluding hydrogens is 210 g/mol. The first-order valence-electron chi connectivity index (χ1n) is 5.85. The van der Waals surface area contributed by atoms with Gasteiger partial charge in [-0.15, -0.1) is 0 Å². The highest BCUT2D eigenvalue weighted by atomic mass is 16.3. The van der Waals surface area contributed by atoms with E-state index in [1.165, 1.54) is 0 Å². The summed E-state index contributed by atoms with van der Waals surface area (Å²) in [6.45, 7) is 0.490. The number of nitrogens with two attached hydrogens (primary N) is 1. The maximum absolute atomic E-state index is 10.1. The number of rotatable bonds is 4. The standard InChI is InChI=1S/C15H17NO/c16-11-10-15(17)14-9-5-4-8-13(14)12-6-2-1-3-7-12/h1-9,15,17H,10-11,16H2/t15-/m1/s1. The highest BCUT2D eigenvalue weighted by Gasteiger charge is 2.11. The molecule has 2 aromatic rings. The third-order valence-electron chi connectivity index (χ3n) is 2.84. The van der Waals surface area contributed by atoms with Crippen LogP contribution in [0, 0.1) is 0 Å². The molecule has 0 bridgehead atoms. The Bertz CT molecular complexity index is 467. The van der Waals surface area contributed by atoms with E-state index < -0.39 is 6.10 Å². The van der Waals surface area contributed by atoms with Gasteiger partial charge in [0.2, 0.25) is 0 Å². The minimum absolute atomic E-state index is 0.489. The van der Waals surface area contributed by atoms with Crippen LogP contribution in [0.1, 0.15) is 18.1 Å². The third-order valence-corrected chi connectivity index (χ3v) is 2.84. The van der Waals surface area contributed by atoms with Crippen molar-refractivity contribution in [2.75, 3.05) is 6.54 Å². The number of hydrogen-bond donors (Lipinski definition) is 2. The normalized spacial score (nSPS) is 12.4. The molecule has 0 fully saturated rings. The zero-order valence-electron chi connectivity index (χ0n) is 9.71. The van der Waals surface area contributed by atoms with Crippen LogP contribution in [-0.2, 0) is 0 Å². The molecule has 0 saturated carbocycles. The second-order valence-electron chi connectivity index (χ2n) is 4.05. The van der Waals surface area contributed by atoms with Gasteiger partial charge in [0.15, 0.2) is 0 Å². The van der Waals surface area contributed by atoms with Crippen LogP contribution in [0.25, 0.3) is 11.1 Å². The molecule has 88 valence electrons. The van der Waals surface area contributed by atoms with Crippen LogP contribution < -0.4 is 5.73 Å². The smallest absolute Gasteiger partial charge is 0.0808 e. The Morgan fingerprint density at radius 2 is 1.59 bits per heavy atom. The highest BCUT2D eigenvalue weighted by Crippen LogP contribution is 2.29. The molecule has 2 rings (SSSR count). The Kier molecular flexibility index (Phi) is 3.91. The van der Waals surface area contributed by atoms with Crippen molar-refractivity contribution >= 4 is 0 Å². The summed E-state index contributed by atoms with van der Waals surface area (Å²) in [6.07, 6.45) is 0.0977. The van der Waals surface area contributed by atoms with Gasteiger partial charge in [0, 0.05) is 0 Å². The molecule has 0 unspecified atom stereocenters. The van der Waals surface area contributed by atoms with E-state index in [2.05, 4.69) is 0 Å². The van der Waals surface area contributed by atoms with Gasteiger partial charge in [0.25, 0.3) is 0 Å². The Hall–Kier alpha value is -1.64.